The Labute approximate surface area is 124 Å². The van der Waals surface area contributed by atoms with Crippen molar-refractivity contribution in [3.8, 4) is 0 Å². The molecule has 1 aliphatic carbocycles. The van der Waals surface area contributed by atoms with Gasteiger partial charge in [0, 0.05) is 17.4 Å². The Hall–Kier alpha value is -2.10. The van der Waals surface area contributed by atoms with Crippen LogP contribution in [0.3, 0.4) is 0 Å². The van der Waals surface area contributed by atoms with Gasteiger partial charge in [-0.15, -0.1) is 0 Å². The summed E-state index contributed by atoms with van der Waals surface area (Å²) < 4.78 is 0. The molecule has 21 heavy (non-hydrogen) atoms. The Kier molecular flexibility index (Phi) is 4.04. The molecule has 4 nitrogen and oxygen atoms in total. The quantitative estimate of drug-likeness (QED) is 0.899. The van der Waals surface area contributed by atoms with Crippen LogP contribution >= 0.6 is 0 Å². The van der Waals surface area contributed by atoms with Gasteiger partial charge < -0.3 is 5.32 Å². The van der Waals surface area contributed by atoms with Crippen LogP contribution in [0.5, 0.6) is 0 Å². The zero-order valence-corrected chi connectivity index (χ0v) is 12.4. The lowest BCUT2D eigenvalue weighted by molar-refractivity contribution is 0.443. The van der Waals surface area contributed by atoms with Gasteiger partial charge in [0.25, 0.3) is 5.56 Å². The maximum Gasteiger partial charge on any atom is 0.255 e. The van der Waals surface area contributed by atoms with Gasteiger partial charge in [-0.2, -0.15) is 0 Å². The fraction of sp³-hybridized carbons (Fsp3) is 0.412. The van der Waals surface area contributed by atoms with Gasteiger partial charge in [-0.1, -0.05) is 31.4 Å². The Morgan fingerprint density at radius 3 is 2.52 bits per heavy atom. The number of nitrogens with one attached hydrogen (secondary N) is 2. The van der Waals surface area contributed by atoms with Crippen molar-refractivity contribution < 1.29 is 0 Å². The normalized spacial score (nSPS) is 15.9. The Morgan fingerprint density at radius 1 is 1.14 bits per heavy atom. The minimum atomic E-state index is -0.105. The van der Waals surface area contributed by atoms with Crippen molar-refractivity contribution in [3.05, 3.63) is 51.9 Å². The largest absolute Gasteiger partial charge is 0.326 e. The molecule has 0 bridgehead atoms. The van der Waals surface area contributed by atoms with Crippen LogP contribution in [0.25, 0.3) is 0 Å². The summed E-state index contributed by atoms with van der Waals surface area (Å²) in [5.41, 5.74) is 2.88. The molecule has 1 aromatic heterocycles. The zero-order valence-electron chi connectivity index (χ0n) is 12.4. The first-order valence-corrected chi connectivity index (χ1v) is 7.65. The van der Waals surface area contributed by atoms with Gasteiger partial charge in [0.05, 0.1) is 0 Å². The van der Waals surface area contributed by atoms with Crippen LogP contribution in [-0.4, -0.2) is 9.97 Å². The van der Waals surface area contributed by atoms with Crippen LogP contribution in [0.4, 0.5) is 11.6 Å². The lowest BCUT2D eigenvalue weighted by Crippen LogP contribution is -2.12. The van der Waals surface area contributed by atoms with E-state index in [1.807, 2.05) is 0 Å². The highest BCUT2D eigenvalue weighted by Crippen LogP contribution is 2.33. The summed E-state index contributed by atoms with van der Waals surface area (Å²) in [6, 6.07) is 8.49. The second-order valence-electron chi connectivity index (χ2n) is 5.83. The molecule has 0 atom stereocenters. The molecule has 110 valence electrons. The first-order chi connectivity index (χ1) is 10.2. The van der Waals surface area contributed by atoms with Crippen molar-refractivity contribution in [2.45, 2.75) is 44.9 Å². The molecular formula is C17H21N3O. The number of H-pyrrole nitrogens is 1. The van der Waals surface area contributed by atoms with E-state index in [0.29, 0.717) is 17.4 Å². The number of hydrogen-bond acceptors (Lipinski definition) is 3. The van der Waals surface area contributed by atoms with Gasteiger partial charge in [-0.3, -0.25) is 9.78 Å². The molecule has 1 aliphatic rings. The maximum absolute atomic E-state index is 11.6. The second-order valence-corrected chi connectivity index (χ2v) is 5.83. The number of aromatic amines is 1. The molecule has 0 radical (unpaired) electrons. The number of hydrogen-bond donors (Lipinski definition) is 2. The average molecular weight is 283 g/mol. The van der Waals surface area contributed by atoms with E-state index in [2.05, 4.69) is 39.6 Å². The van der Waals surface area contributed by atoms with Gasteiger partial charge in [-0.05, 0) is 43.4 Å². The van der Waals surface area contributed by atoms with Crippen molar-refractivity contribution in [2.75, 3.05) is 5.32 Å². The third kappa shape index (κ3) is 3.32. The fourth-order valence-corrected chi connectivity index (χ4v) is 2.93. The van der Waals surface area contributed by atoms with Crippen LogP contribution < -0.4 is 10.9 Å². The maximum atomic E-state index is 11.6. The third-order valence-corrected chi connectivity index (χ3v) is 4.23. The van der Waals surface area contributed by atoms with Crippen molar-refractivity contribution in [2.24, 2.45) is 0 Å². The molecular weight excluding hydrogens is 262 g/mol. The molecule has 1 aromatic carbocycles. The van der Waals surface area contributed by atoms with E-state index < -0.39 is 0 Å². The van der Waals surface area contributed by atoms with Gasteiger partial charge >= 0.3 is 0 Å². The molecule has 2 aromatic rings. The molecule has 4 heteroatoms. The number of benzene rings is 1. The van der Waals surface area contributed by atoms with Crippen LogP contribution in [0, 0.1) is 6.92 Å². The highest BCUT2D eigenvalue weighted by atomic mass is 16.1. The first kappa shape index (κ1) is 13.9. The molecule has 2 N–H and O–H groups in total. The SMILES string of the molecule is Cc1cnc(Nc2ccc(C3CCCCC3)cc2)[nH]c1=O. The lowest BCUT2D eigenvalue weighted by Gasteiger charge is -2.22. The van der Waals surface area contributed by atoms with Crippen LogP contribution in [0.1, 0.15) is 49.1 Å². The first-order valence-electron chi connectivity index (χ1n) is 7.65. The minimum Gasteiger partial charge on any atom is -0.326 e. The van der Waals surface area contributed by atoms with E-state index in [1.165, 1.54) is 37.7 Å². The second kappa shape index (κ2) is 6.12. The molecule has 0 aliphatic heterocycles. The van der Waals surface area contributed by atoms with E-state index in [1.54, 1.807) is 13.1 Å². The minimum absolute atomic E-state index is 0.105. The van der Waals surface area contributed by atoms with Gasteiger partial charge in [0.15, 0.2) is 0 Å². The zero-order chi connectivity index (χ0) is 14.7. The molecule has 0 unspecified atom stereocenters. The number of rotatable bonds is 3. The van der Waals surface area contributed by atoms with Crippen LogP contribution in [0.15, 0.2) is 35.3 Å². The topological polar surface area (TPSA) is 57.8 Å². The standard InChI is InChI=1S/C17H21N3O/c1-12-11-18-17(20-16(12)21)19-15-9-7-14(8-10-15)13-5-3-2-4-6-13/h7-11,13H,2-6H2,1H3,(H2,18,19,20,21). The predicted octanol–water partition coefficient (Wildman–Crippen LogP) is 3.87. The van der Waals surface area contributed by atoms with Crippen molar-refractivity contribution >= 4 is 11.6 Å². The van der Waals surface area contributed by atoms with E-state index in [0.717, 1.165) is 5.69 Å². The predicted molar refractivity (Wildman–Crippen MR) is 85.1 cm³/mol. The summed E-state index contributed by atoms with van der Waals surface area (Å²) in [4.78, 5) is 18.5. The van der Waals surface area contributed by atoms with Gasteiger partial charge in [-0.25, -0.2) is 4.98 Å². The Morgan fingerprint density at radius 2 is 1.86 bits per heavy atom. The lowest BCUT2D eigenvalue weighted by atomic mass is 9.84. The number of nitrogens with zero attached hydrogens (tertiary/aromatic N) is 1. The van der Waals surface area contributed by atoms with Crippen molar-refractivity contribution in [3.63, 3.8) is 0 Å². The highest BCUT2D eigenvalue weighted by molar-refractivity contribution is 5.53. The molecule has 0 amide bonds. The molecule has 3 rings (SSSR count). The van der Waals surface area contributed by atoms with Crippen molar-refractivity contribution in [1.82, 2.24) is 9.97 Å². The Balaban J connectivity index is 1.71. The number of aryl methyl sites for hydroxylation is 1. The van der Waals surface area contributed by atoms with Gasteiger partial charge in [0.1, 0.15) is 0 Å². The summed E-state index contributed by atoms with van der Waals surface area (Å²) in [6.45, 7) is 1.74. The van der Waals surface area contributed by atoms with E-state index >= 15 is 0 Å². The highest BCUT2D eigenvalue weighted by Gasteiger charge is 2.15. The summed E-state index contributed by atoms with van der Waals surface area (Å²) in [6.07, 6.45) is 8.26. The molecule has 1 saturated carbocycles. The van der Waals surface area contributed by atoms with E-state index in [4.69, 9.17) is 0 Å². The fourth-order valence-electron chi connectivity index (χ4n) is 2.93. The molecule has 0 saturated heterocycles. The van der Waals surface area contributed by atoms with Crippen molar-refractivity contribution in [1.29, 1.82) is 0 Å². The number of anilines is 2. The van der Waals surface area contributed by atoms with E-state index in [-0.39, 0.29) is 5.56 Å². The van der Waals surface area contributed by atoms with Crippen LogP contribution in [0.2, 0.25) is 0 Å². The van der Waals surface area contributed by atoms with Gasteiger partial charge in [0.2, 0.25) is 5.95 Å². The summed E-state index contributed by atoms with van der Waals surface area (Å²) in [7, 11) is 0. The summed E-state index contributed by atoms with van der Waals surface area (Å²) >= 11 is 0. The smallest absolute Gasteiger partial charge is 0.255 e. The summed E-state index contributed by atoms with van der Waals surface area (Å²) in [5, 5.41) is 3.14. The molecule has 0 spiro atoms. The number of aromatic nitrogens is 2. The van der Waals surface area contributed by atoms with Crippen LogP contribution in [-0.2, 0) is 0 Å². The average Bonchev–Trinajstić information content (AvgIpc) is 2.53. The van der Waals surface area contributed by atoms with E-state index in [9.17, 15) is 4.79 Å². The third-order valence-electron chi connectivity index (χ3n) is 4.23. The summed E-state index contributed by atoms with van der Waals surface area (Å²) in [5.74, 6) is 1.20. The molecule has 1 heterocycles. The molecule has 1 fully saturated rings. The Bertz CT molecular complexity index is 654. The monoisotopic (exact) mass is 283 g/mol.